The van der Waals surface area contributed by atoms with Crippen LogP contribution >= 0.6 is 0 Å². The minimum atomic E-state index is -5.76. The van der Waals surface area contributed by atoms with E-state index in [1.165, 1.54) is 12.1 Å². The summed E-state index contributed by atoms with van der Waals surface area (Å²) in [6, 6.07) is 5.21. The summed E-state index contributed by atoms with van der Waals surface area (Å²) in [7, 11) is -5.76. The van der Waals surface area contributed by atoms with Gasteiger partial charge in [0.15, 0.2) is 0 Å². The average molecular weight is 475 g/mol. The van der Waals surface area contributed by atoms with Crippen LogP contribution < -0.4 is 14.4 Å². The molecule has 0 saturated carbocycles. The number of anilines is 1. The Morgan fingerprint density at radius 1 is 1.22 bits per heavy atom. The number of nitrogens with one attached hydrogen (secondary N) is 1. The van der Waals surface area contributed by atoms with Crippen LogP contribution in [0.5, 0.6) is 5.75 Å². The number of carbonyl (C=O) groups is 1. The third-order valence-corrected chi connectivity index (χ3v) is 5.61. The SMILES string of the molecule is CC(C)(C)OC(=O)NC1CCCN(c2cnc3ccc(OS(=O)(=O)C(F)(F)F)cc3c2)C1. The highest BCUT2D eigenvalue weighted by molar-refractivity contribution is 7.88. The van der Waals surface area contributed by atoms with Crippen molar-refractivity contribution in [2.75, 3.05) is 18.0 Å². The molecule has 2 heterocycles. The number of alkyl carbamates (subject to hydrolysis) is 1. The van der Waals surface area contributed by atoms with Crippen molar-refractivity contribution in [3.8, 4) is 5.75 Å². The molecule has 1 N–H and O–H groups in total. The van der Waals surface area contributed by atoms with Gasteiger partial charge in [0.25, 0.3) is 0 Å². The Labute approximate surface area is 183 Å². The lowest BCUT2D eigenvalue weighted by Gasteiger charge is -2.35. The third-order valence-electron chi connectivity index (χ3n) is 4.64. The van der Waals surface area contributed by atoms with E-state index in [2.05, 4.69) is 14.5 Å². The van der Waals surface area contributed by atoms with Crippen LogP contribution in [-0.4, -0.2) is 49.7 Å². The second kappa shape index (κ2) is 8.64. The van der Waals surface area contributed by atoms with E-state index in [0.717, 1.165) is 18.9 Å². The summed E-state index contributed by atoms with van der Waals surface area (Å²) in [5.74, 6) is -0.461. The van der Waals surface area contributed by atoms with Crippen molar-refractivity contribution >= 4 is 32.8 Å². The number of nitrogens with zero attached hydrogens (tertiary/aromatic N) is 2. The first-order valence-corrected chi connectivity index (χ1v) is 11.3. The molecule has 1 fully saturated rings. The van der Waals surface area contributed by atoms with Gasteiger partial charge >= 0.3 is 21.7 Å². The number of halogens is 3. The Morgan fingerprint density at radius 2 is 1.94 bits per heavy atom. The lowest BCUT2D eigenvalue weighted by atomic mass is 10.0. The van der Waals surface area contributed by atoms with Crippen molar-refractivity contribution in [3.05, 3.63) is 30.5 Å². The molecule has 32 heavy (non-hydrogen) atoms. The van der Waals surface area contributed by atoms with E-state index in [0.29, 0.717) is 29.7 Å². The van der Waals surface area contributed by atoms with Gasteiger partial charge in [0, 0.05) is 24.5 Å². The first-order chi connectivity index (χ1) is 14.7. The smallest absolute Gasteiger partial charge is 0.444 e. The van der Waals surface area contributed by atoms with Gasteiger partial charge in [0.1, 0.15) is 11.4 Å². The summed E-state index contributed by atoms with van der Waals surface area (Å²) in [6.45, 7) is 6.51. The zero-order chi connectivity index (χ0) is 23.7. The number of benzene rings is 1. The van der Waals surface area contributed by atoms with Gasteiger partial charge in [0.2, 0.25) is 0 Å². The molecule has 8 nitrogen and oxygen atoms in total. The monoisotopic (exact) mass is 475 g/mol. The molecule has 3 rings (SSSR count). The number of alkyl halides is 3. The highest BCUT2D eigenvalue weighted by atomic mass is 32.2. The highest BCUT2D eigenvalue weighted by Gasteiger charge is 2.48. The summed E-state index contributed by atoms with van der Waals surface area (Å²) in [5, 5.41) is 3.26. The summed E-state index contributed by atoms with van der Waals surface area (Å²) in [6.07, 6.45) is 2.68. The minimum absolute atomic E-state index is 0.152. The summed E-state index contributed by atoms with van der Waals surface area (Å²) in [4.78, 5) is 18.3. The van der Waals surface area contributed by atoms with E-state index in [-0.39, 0.29) is 6.04 Å². The zero-order valence-electron chi connectivity index (χ0n) is 17.8. The Bertz CT molecular complexity index is 1100. The summed E-state index contributed by atoms with van der Waals surface area (Å²) in [5.41, 5.74) is -4.98. The number of ether oxygens (including phenoxy) is 1. The van der Waals surface area contributed by atoms with Gasteiger partial charge in [-0.1, -0.05) is 0 Å². The highest BCUT2D eigenvalue weighted by Crippen LogP contribution is 2.30. The fraction of sp³-hybridized carbons (Fsp3) is 0.500. The molecule has 1 unspecified atom stereocenters. The number of hydrogen-bond donors (Lipinski definition) is 1. The predicted octanol–water partition coefficient (Wildman–Crippen LogP) is 3.96. The molecule has 0 spiro atoms. The number of carbonyl (C=O) groups excluding carboxylic acids is 1. The molecule has 1 saturated heterocycles. The second-order valence-electron chi connectivity index (χ2n) is 8.46. The van der Waals surface area contributed by atoms with Crippen molar-refractivity contribution in [2.45, 2.75) is 50.8 Å². The van der Waals surface area contributed by atoms with Crippen LogP contribution in [0.2, 0.25) is 0 Å². The summed E-state index contributed by atoms with van der Waals surface area (Å²) < 4.78 is 69.8. The van der Waals surface area contributed by atoms with Gasteiger partial charge in [-0.15, -0.1) is 0 Å². The normalized spacial score (nSPS) is 17.8. The molecule has 1 aliphatic heterocycles. The third kappa shape index (κ3) is 5.93. The lowest BCUT2D eigenvalue weighted by molar-refractivity contribution is -0.0500. The van der Waals surface area contributed by atoms with Crippen molar-refractivity contribution in [2.24, 2.45) is 0 Å². The molecule has 1 amide bonds. The molecule has 1 aromatic heterocycles. The number of hydrogen-bond acceptors (Lipinski definition) is 7. The van der Waals surface area contributed by atoms with Gasteiger partial charge in [-0.25, -0.2) is 4.79 Å². The molecule has 0 aliphatic carbocycles. The molecule has 176 valence electrons. The molecule has 1 aliphatic rings. The van der Waals surface area contributed by atoms with Crippen LogP contribution in [0.1, 0.15) is 33.6 Å². The van der Waals surface area contributed by atoms with Crippen molar-refractivity contribution < 1.29 is 35.3 Å². The van der Waals surface area contributed by atoms with E-state index in [9.17, 15) is 26.4 Å². The van der Waals surface area contributed by atoms with Gasteiger partial charge in [-0.3, -0.25) is 4.98 Å². The molecular formula is C20H24F3N3O5S. The number of fused-ring (bicyclic) bond motifs is 1. The fourth-order valence-electron chi connectivity index (χ4n) is 3.30. The largest absolute Gasteiger partial charge is 0.534 e. The van der Waals surface area contributed by atoms with Crippen LogP contribution in [0, 0.1) is 0 Å². The van der Waals surface area contributed by atoms with Gasteiger partial charge in [-0.2, -0.15) is 21.6 Å². The number of aromatic nitrogens is 1. The van der Waals surface area contributed by atoms with Crippen LogP contribution in [0.25, 0.3) is 10.9 Å². The predicted molar refractivity (Wildman–Crippen MR) is 112 cm³/mol. The van der Waals surface area contributed by atoms with E-state index in [4.69, 9.17) is 4.74 Å². The van der Waals surface area contributed by atoms with Gasteiger partial charge < -0.3 is 19.1 Å². The first-order valence-electron chi connectivity index (χ1n) is 9.88. The maximum absolute atomic E-state index is 12.6. The van der Waals surface area contributed by atoms with Crippen LogP contribution in [0.3, 0.4) is 0 Å². The van der Waals surface area contributed by atoms with E-state index >= 15 is 0 Å². The topological polar surface area (TPSA) is 97.8 Å². The first kappa shape index (κ1) is 23.9. The maximum atomic E-state index is 12.6. The number of rotatable bonds is 4. The quantitative estimate of drug-likeness (QED) is 0.528. The maximum Gasteiger partial charge on any atom is 0.534 e. The van der Waals surface area contributed by atoms with Crippen molar-refractivity contribution in [3.63, 3.8) is 0 Å². The molecule has 0 radical (unpaired) electrons. The van der Waals surface area contributed by atoms with Gasteiger partial charge in [-0.05, 0) is 57.9 Å². The Kier molecular flexibility index (Phi) is 6.45. The number of amides is 1. The minimum Gasteiger partial charge on any atom is -0.444 e. The standard InChI is InChI=1S/C20H24F3N3O5S/c1-19(2,3)30-18(27)25-14-5-4-8-26(12-14)15-9-13-10-16(6-7-17(13)24-11-15)31-32(28,29)20(21,22)23/h6-7,9-11,14H,4-5,8,12H2,1-3H3,(H,25,27). The van der Waals surface area contributed by atoms with Crippen LogP contribution in [0.4, 0.5) is 23.7 Å². The van der Waals surface area contributed by atoms with Crippen LogP contribution in [0.15, 0.2) is 30.5 Å². The van der Waals surface area contributed by atoms with E-state index in [1.54, 1.807) is 33.0 Å². The van der Waals surface area contributed by atoms with E-state index < -0.39 is 33.1 Å². The molecule has 1 atom stereocenters. The molecule has 12 heteroatoms. The second-order valence-corrected chi connectivity index (χ2v) is 10.0. The van der Waals surface area contributed by atoms with Crippen molar-refractivity contribution in [1.29, 1.82) is 0 Å². The van der Waals surface area contributed by atoms with E-state index in [1.807, 2.05) is 4.90 Å². The van der Waals surface area contributed by atoms with Gasteiger partial charge in [0.05, 0.1) is 17.4 Å². The molecule has 0 bridgehead atoms. The number of piperidine rings is 1. The zero-order valence-corrected chi connectivity index (χ0v) is 18.6. The molecule has 1 aromatic carbocycles. The number of pyridine rings is 1. The molecular weight excluding hydrogens is 451 g/mol. The average Bonchev–Trinajstić information content (AvgIpc) is 2.65. The Balaban J connectivity index is 1.76. The summed E-state index contributed by atoms with van der Waals surface area (Å²) >= 11 is 0. The Hall–Kier alpha value is -2.76. The Morgan fingerprint density at radius 3 is 2.59 bits per heavy atom. The van der Waals surface area contributed by atoms with Crippen LogP contribution in [-0.2, 0) is 14.9 Å². The van der Waals surface area contributed by atoms with Crippen molar-refractivity contribution in [1.82, 2.24) is 10.3 Å². The fourth-order valence-corrected chi connectivity index (χ4v) is 3.75. The molecule has 2 aromatic rings. The lowest BCUT2D eigenvalue weighted by Crippen LogP contribution is -2.49.